The van der Waals surface area contributed by atoms with Crippen molar-refractivity contribution in [1.29, 1.82) is 0 Å². The zero-order valence-corrected chi connectivity index (χ0v) is 17.8. The highest BCUT2D eigenvalue weighted by Gasteiger charge is 2.33. The highest BCUT2D eigenvalue weighted by molar-refractivity contribution is 5.87. The van der Waals surface area contributed by atoms with E-state index in [0.717, 1.165) is 37.1 Å². The van der Waals surface area contributed by atoms with E-state index >= 15 is 0 Å². The SMILES string of the molecule is C[C@H](CC(=O)[C@@H]1CCC[C@H](C)N1CCOc1ccccc1)c1ccc(C(=O)O)cc1. The molecule has 0 bridgehead atoms. The first kappa shape index (κ1) is 22.0. The van der Waals surface area contributed by atoms with Gasteiger partial charge in [0.1, 0.15) is 12.4 Å². The summed E-state index contributed by atoms with van der Waals surface area (Å²) in [5.74, 6) is 0.231. The van der Waals surface area contributed by atoms with Gasteiger partial charge >= 0.3 is 5.97 Å². The fourth-order valence-electron chi connectivity index (χ4n) is 4.26. The third-order valence-corrected chi connectivity index (χ3v) is 6.03. The number of benzene rings is 2. The van der Waals surface area contributed by atoms with E-state index in [1.807, 2.05) is 49.4 Å². The molecule has 2 aromatic rings. The Balaban J connectivity index is 1.59. The van der Waals surface area contributed by atoms with Gasteiger partial charge in [-0.3, -0.25) is 9.69 Å². The Morgan fingerprint density at radius 3 is 2.47 bits per heavy atom. The van der Waals surface area contributed by atoms with Gasteiger partial charge in [-0.25, -0.2) is 4.79 Å². The molecule has 0 radical (unpaired) electrons. The first-order valence-corrected chi connectivity index (χ1v) is 10.7. The van der Waals surface area contributed by atoms with Gasteiger partial charge in [-0.1, -0.05) is 37.3 Å². The van der Waals surface area contributed by atoms with Crippen molar-refractivity contribution in [3.05, 3.63) is 65.7 Å². The number of likely N-dealkylation sites (tertiary alicyclic amines) is 1. The molecule has 1 saturated heterocycles. The van der Waals surface area contributed by atoms with Crippen molar-refractivity contribution in [2.24, 2.45) is 0 Å². The standard InChI is InChI=1S/C25H31NO4/c1-18(20-11-13-21(14-12-20)25(28)29)17-24(27)23-10-6-7-19(2)26(23)15-16-30-22-8-4-3-5-9-22/h3-5,8-9,11-14,18-19,23H,6-7,10,15-17H2,1-2H3,(H,28,29)/t18-,19+,23+/m1/s1. The molecule has 30 heavy (non-hydrogen) atoms. The molecule has 0 spiro atoms. The second-order valence-corrected chi connectivity index (χ2v) is 8.19. The number of Topliss-reactive ketones (excluding diaryl/α,β-unsaturated/α-hetero) is 1. The number of ketones is 1. The number of carbonyl (C=O) groups is 2. The molecule has 0 unspecified atom stereocenters. The molecular weight excluding hydrogens is 378 g/mol. The molecule has 1 aliphatic rings. The summed E-state index contributed by atoms with van der Waals surface area (Å²) < 4.78 is 5.87. The van der Waals surface area contributed by atoms with E-state index in [-0.39, 0.29) is 23.3 Å². The van der Waals surface area contributed by atoms with E-state index in [1.165, 1.54) is 0 Å². The average molecular weight is 410 g/mol. The number of aromatic carboxylic acids is 1. The molecular formula is C25H31NO4. The molecule has 0 aliphatic carbocycles. The molecule has 3 atom stereocenters. The number of hydrogen-bond donors (Lipinski definition) is 1. The van der Waals surface area contributed by atoms with E-state index in [9.17, 15) is 9.59 Å². The predicted molar refractivity (Wildman–Crippen MR) is 117 cm³/mol. The van der Waals surface area contributed by atoms with Crippen LogP contribution in [0.1, 0.15) is 61.4 Å². The first-order chi connectivity index (χ1) is 14.5. The lowest BCUT2D eigenvalue weighted by Gasteiger charge is -2.40. The van der Waals surface area contributed by atoms with E-state index in [0.29, 0.717) is 19.1 Å². The van der Waals surface area contributed by atoms with Crippen molar-refractivity contribution >= 4 is 11.8 Å². The summed E-state index contributed by atoms with van der Waals surface area (Å²) in [4.78, 5) is 26.5. The number of carbonyl (C=O) groups excluding carboxylic acids is 1. The maximum absolute atomic E-state index is 13.2. The highest BCUT2D eigenvalue weighted by Crippen LogP contribution is 2.27. The monoisotopic (exact) mass is 409 g/mol. The number of para-hydroxylation sites is 1. The maximum atomic E-state index is 13.2. The number of hydrogen-bond acceptors (Lipinski definition) is 4. The molecule has 160 valence electrons. The summed E-state index contributed by atoms with van der Waals surface area (Å²) >= 11 is 0. The predicted octanol–water partition coefficient (Wildman–Crippen LogP) is 4.77. The molecule has 1 fully saturated rings. The number of rotatable bonds is 9. The summed E-state index contributed by atoms with van der Waals surface area (Å²) in [5.41, 5.74) is 1.26. The Hall–Kier alpha value is -2.66. The van der Waals surface area contributed by atoms with Gasteiger partial charge in [0.2, 0.25) is 0 Å². The van der Waals surface area contributed by atoms with Gasteiger partial charge in [0, 0.05) is 19.0 Å². The van der Waals surface area contributed by atoms with Gasteiger partial charge in [-0.2, -0.15) is 0 Å². The Morgan fingerprint density at radius 2 is 1.80 bits per heavy atom. The Kier molecular flexibility index (Phi) is 7.63. The molecule has 1 heterocycles. The van der Waals surface area contributed by atoms with Crippen LogP contribution in [0, 0.1) is 0 Å². The fraction of sp³-hybridized carbons (Fsp3) is 0.440. The van der Waals surface area contributed by atoms with Crippen molar-refractivity contribution in [3.8, 4) is 5.75 Å². The Labute approximate surface area is 178 Å². The summed E-state index contributed by atoms with van der Waals surface area (Å²) in [6, 6.07) is 16.9. The maximum Gasteiger partial charge on any atom is 0.335 e. The molecule has 2 aromatic carbocycles. The first-order valence-electron chi connectivity index (χ1n) is 10.7. The molecule has 5 heteroatoms. The highest BCUT2D eigenvalue weighted by atomic mass is 16.5. The van der Waals surface area contributed by atoms with Gasteiger partial charge < -0.3 is 9.84 Å². The topological polar surface area (TPSA) is 66.8 Å². The number of carboxylic acids is 1. The molecule has 1 N–H and O–H groups in total. The van der Waals surface area contributed by atoms with E-state index in [2.05, 4.69) is 11.8 Å². The smallest absolute Gasteiger partial charge is 0.335 e. The normalized spacial score (nSPS) is 20.5. The largest absolute Gasteiger partial charge is 0.492 e. The summed E-state index contributed by atoms with van der Waals surface area (Å²) in [6.45, 7) is 5.51. The van der Waals surface area contributed by atoms with Crippen LogP contribution in [0.25, 0.3) is 0 Å². The van der Waals surface area contributed by atoms with Crippen LogP contribution in [0.5, 0.6) is 5.75 Å². The second kappa shape index (κ2) is 10.4. The van der Waals surface area contributed by atoms with Crippen LogP contribution < -0.4 is 4.74 Å². The van der Waals surface area contributed by atoms with Crippen LogP contribution in [0.15, 0.2) is 54.6 Å². The van der Waals surface area contributed by atoms with Crippen LogP contribution in [0.2, 0.25) is 0 Å². The molecule has 5 nitrogen and oxygen atoms in total. The zero-order chi connectivity index (χ0) is 21.5. The molecule has 0 aromatic heterocycles. The quantitative estimate of drug-likeness (QED) is 0.646. The second-order valence-electron chi connectivity index (χ2n) is 8.19. The van der Waals surface area contributed by atoms with Gasteiger partial charge in [-0.15, -0.1) is 0 Å². The fourth-order valence-corrected chi connectivity index (χ4v) is 4.26. The van der Waals surface area contributed by atoms with Crippen molar-refractivity contribution in [2.45, 2.75) is 57.5 Å². The Bertz CT molecular complexity index is 834. The van der Waals surface area contributed by atoms with Crippen LogP contribution in [-0.2, 0) is 4.79 Å². The number of carboxylic acid groups (broad SMARTS) is 1. The minimum Gasteiger partial charge on any atom is -0.492 e. The lowest BCUT2D eigenvalue weighted by atomic mass is 9.87. The number of ether oxygens (including phenoxy) is 1. The lowest BCUT2D eigenvalue weighted by Crippen LogP contribution is -2.50. The summed E-state index contributed by atoms with van der Waals surface area (Å²) in [5, 5.41) is 9.06. The number of piperidine rings is 1. The molecule has 0 amide bonds. The minimum atomic E-state index is -0.935. The van der Waals surface area contributed by atoms with Crippen molar-refractivity contribution in [2.75, 3.05) is 13.2 Å². The van der Waals surface area contributed by atoms with Gasteiger partial charge in [0.15, 0.2) is 5.78 Å². The van der Waals surface area contributed by atoms with Gasteiger partial charge in [0.05, 0.1) is 11.6 Å². The molecule has 3 rings (SSSR count). The third-order valence-electron chi connectivity index (χ3n) is 6.03. The van der Waals surface area contributed by atoms with Crippen LogP contribution in [0.3, 0.4) is 0 Å². The average Bonchev–Trinajstić information content (AvgIpc) is 2.75. The van der Waals surface area contributed by atoms with E-state index in [4.69, 9.17) is 9.84 Å². The van der Waals surface area contributed by atoms with Crippen LogP contribution in [0.4, 0.5) is 0 Å². The number of nitrogens with zero attached hydrogens (tertiary/aromatic N) is 1. The molecule has 1 aliphatic heterocycles. The van der Waals surface area contributed by atoms with Gasteiger partial charge in [-0.05, 0) is 61.9 Å². The van der Waals surface area contributed by atoms with Crippen LogP contribution in [-0.4, -0.2) is 47.0 Å². The van der Waals surface area contributed by atoms with Crippen molar-refractivity contribution in [3.63, 3.8) is 0 Å². The van der Waals surface area contributed by atoms with Crippen molar-refractivity contribution < 1.29 is 19.4 Å². The van der Waals surface area contributed by atoms with Crippen molar-refractivity contribution in [1.82, 2.24) is 4.90 Å². The summed E-state index contributed by atoms with van der Waals surface area (Å²) in [7, 11) is 0. The lowest BCUT2D eigenvalue weighted by molar-refractivity contribution is -0.127. The van der Waals surface area contributed by atoms with E-state index in [1.54, 1.807) is 12.1 Å². The minimum absolute atomic E-state index is 0.0556. The van der Waals surface area contributed by atoms with Gasteiger partial charge in [0.25, 0.3) is 0 Å². The zero-order valence-electron chi connectivity index (χ0n) is 17.8. The third kappa shape index (κ3) is 5.70. The Morgan fingerprint density at radius 1 is 1.10 bits per heavy atom. The summed E-state index contributed by atoms with van der Waals surface area (Å²) in [6.07, 6.45) is 3.51. The van der Waals surface area contributed by atoms with E-state index < -0.39 is 5.97 Å². The van der Waals surface area contributed by atoms with Crippen LogP contribution >= 0.6 is 0 Å². The molecule has 0 saturated carbocycles.